The van der Waals surface area contributed by atoms with Crippen molar-refractivity contribution >= 4 is 11.4 Å². The molecule has 8 rings (SSSR count). The van der Waals surface area contributed by atoms with Crippen molar-refractivity contribution in [3.63, 3.8) is 0 Å². The van der Waals surface area contributed by atoms with Gasteiger partial charge in [-0.05, 0) is 60.4 Å². The molecule has 0 spiro atoms. The van der Waals surface area contributed by atoms with E-state index in [2.05, 4.69) is 0 Å². The highest BCUT2D eigenvalue weighted by molar-refractivity contribution is 5.51. The summed E-state index contributed by atoms with van der Waals surface area (Å²) in [6, 6.07) is 23.0. The van der Waals surface area contributed by atoms with Crippen LogP contribution in [0.5, 0.6) is 34.5 Å². The number of nitro groups is 2. The predicted octanol–water partition coefficient (Wildman–Crippen LogP) is 6.96. The number of phenolic OH excluding ortho intramolecular Hbond substituents is 2. The maximum absolute atomic E-state index is 11.0. The molecule has 4 atom stereocenters. The third-order valence-electron chi connectivity index (χ3n) is 8.66. The summed E-state index contributed by atoms with van der Waals surface area (Å²) in [5, 5.41) is 41.8. The van der Waals surface area contributed by atoms with Gasteiger partial charge in [0.15, 0.2) is 17.8 Å². The Hall–Kier alpha value is -5.20. The number of phenols is 2. The zero-order valence-corrected chi connectivity index (χ0v) is 23.1. The molecule has 3 saturated heterocycles. The number of rotatable bonds is 8. The lowest BCUT2D eigenvalue weighted by molar-refractivity contribution is -0.386. The minimum atomic E-state index is -0.660. The molecule has 12 nitrogen and oxygen atoms in total. The summed E-state index contributed by atoms with van der Waals surface area (Å²) < 4.78 is 24.4. The van der Waals surface area contributed by atoms with Crippen molar-refractivity contribution in [2.75, 3.05) is 0 Å². The average Bonchev–Trinajstić information content (AvgIpc) is 2.97. The van der Waals surface area contributed by atoms with Crippen molar-refractivity contribution < 1.29 is 39.0 Å². The number of benzene rings is 4. The first-order chi connectivity index (χ1) is 21.1. The number of aromatic hydroxyl groups is 2. The lowest BCUT2D eigenvalue weighted by Crippen LogP contribution is -2.62. The van der Waals surface area contributed by atoms with Gasteiger partial charge in [0.25, 0.3) is 0 Å². The van der Waals surface area contributed by atoms with Crippen LogP contribution in [0.3, 0.4) is 0 Å². The first kappa shape index (κ1) is 27.6. The molecule has 2 N–H and O–H groups in total. The summed E-state index contributed by atoms with van der Waals surface area (Å²) in [6.45, 7) is 0. The van der Waals surface area contributed by atoms with Crippen molar-refractivity contribution in [1.29, 1.82) is 0 Å². The van der Waals surface area contributed by atoms with Crippen LogP contribution in [-0.2, 0) is 20.5 Å². The molecule has 12 heteroatoms. The molecule has 4 bridgehead atoms. The Balaban J connectivity index is 1.10. The smallest absolute Gasteiger partial charge is 0.310 e. The molecule has 0 amide bonds. The first-order valence-electron chi connectivity index (χ1n) is 14.0. The summed E-state index contributed by atoms with van der Waals surface area (Å²) in [7, 11) is 0. The van der Waals surface area contributed by atoms with E-state index in [4.69, 9.17) is 18.9 Å². The van der Waals surface area contributed by atoms with E-state index in [0.717, 1.165) is 24.0 Å². The molecule has 44 heavy (non-hydrogen) atoms. The van der Waals surface area contributed by atoms with Gasteiger partial charge < -0.3 is 29.2 Å². The van der Waals surface area contributed by atoms with Crippen LogP contribution in [0.2, 0.25) is 0 Å². The monoisotopic (exact) mass is 598 g/mol. The summed E-state index contributed by atoms with van der Waals surface area (Å²) in [5.41, 5.74) is 0.616. The summed E-state index contributed by atoms with van der Waals surface area (Å²) in [5.74, 6) is 0.668. The Bertz CT molecular complexity index is 1630. The molecular formula is C32H26N2O10. The highest BCUT2D eigenvalue weighted by atomic mass is 16.7. The van der Waals surface area contributed by atoms with E-state index in [1.165, 1.54) is 36.4 Å². The molecule has 4 aliphatic rings. The van der Waals surface area contributed by atoms with Crippen molar-refractivity contribution in [2.45, 2.75) is 49.1 Å². The molecule has 4 aromatic carbocycles. The van der Waals surface area contributed by atoms with Gasteiger partial charge in [0.1, 0.15) is 23.0 Å². The van der Waals surface area contributed by atoms with Gasteiger partial charge in [0.2, 0.25) is 0 Å². The molecule has 0 aromatic heterocycles. The molecule has 0 radical (unpaired) electrons. The topological polar surface area (TPSA) is 164 Å². The van der Waals surface area contributed by atoms with Crippen LogP contribution >= 0.6 is 0 Å². The largest absolute Gasteiger partial charge is 0.502 e. The lowest BCUT2D eigenvalue weighted by Gasteiger charge is -2.61. The van der Waals surface area contributed by atoms with E-state index in [0.29, 0.717) is 24.3 Å². The molecule has 4 aromatic rings. The SMILES string of the molecule is O=[N+]([O-])c1ccc(Oc2ccc(C34CC5CC(c6ccc(Oc7ccc([N+](=O)[O-])c(O)c7)cc6)(C3)OC(C4)O5)cc2)cc1O. The Kier molecular flexibility index (Phi) is 6.41. The van der Waals surface area contributed by atoms with E-state index in [9.17, 15) is 30.4 Å². The third kappa shape index (κ3) is 4.83. The number of hydrogen-bond acceptors (Lipinski definition) is 10. The van der Waals surface area contributed by atoms with Gasteiger partial charge in [0.05, 0.1) is 21.6 Å². The highest BCUT2D eigenvalue weighted by Crippen LogP contribution is 2.61. The molecule has 4 unspecified atom stereocenters. The lowest BCUT2D eigenvalue weighted by atomic mass is 9.57. The van der Waals surface area contributed by atoms with Gasteiger partial charge in [-0.15, -0.1) is 0 Å². The zero-order valence-electron chi connectivity index (χ0n) is 23.1. The zero-order chi connectivity index (χ0) is 30.6. The number of hydrogen-bond donors (Lipinski definition) is 2. The van der Waals surface area contributed by atoms with E-state index >= 15 is 0 Å². The maximum atomic E-state index is 11.0. The minimum absolute atomic E-state index is 0.0225. The van der Waals surface area contributed by atoms with Gasteiger partial charge in [-0.3, -0.25) is 20.2 Å². The van der Waals surface area contributed by atoms with Crippen LogP contribution in [0.15, 0.2) is 84.9 Å². The highest BCUT2D eigenvalue weighted by Gasteiger charge is 2.60. The number of ether oxygens (including phenoxy) is 4. The minimum Gasteiger partial charge on any atom is -0.502 e. The Morgan fingerprint density at radius 3 is 1.66 bits per heavy atom. The van der Waals surface area contributed by atoms with Crippen LogP contribution in [-0.4, -0.2) is 32.5 Å². The molecule has 224 valence electrons. The maximum Gasteiger partial charge on any atom is 0.310 e. The van der Waals surface area contributed by atoms with Crippen molar-refractivity contribution in [3.8, 4) is 34.5 Å². The summed E-state index contributed by atoms with van der Waals surface area (Å²) in [6.07, 6.45) is 2.71. The van der Waals surface area contributed by atoms with Crippen molar-refractivity contribution in [3.05, 3.63) is 116 Å². The second-order valence-electron chi connectivity index (χ2n) is 11.4. The molecule has 1 aliphatic carbocycles. The standard InChI is InChI=1S/C32H26N2O10/c35-28-13-23(9-11-26(28)33(37)38)41-21-5-1-19(2-6-21)31-15-25-16-32(18-31,44-30(17-31)43-25)20-3-7-22(8-4-20)42-24-10-12-27(34(39)40)29(36)14-24/h1-14,25,30,35-36H,15-18H2. The van der Waals surface area contributed by atoms with Crippen LogP contribution < -0.4 is 9.47 Å². The molecule has 3 heterocycles. The van der Waals surface area contributed by atoms with E-state index < -0.39 is 32.6 Å². The molecule has 3 aliphatic heterocycles. The Labute approximate surface area is 250 Å². The van der Waals surface area contributed by atoms with E-state index in [1.54, 1.807) is 0 Å². The molecule has 4 fully saturated rings. The summed E-state index contributed by atoms with van der Waals surface area (Å²) >= 11 is 0. The van der Waals surface area contributed by atoms with E-state index in [1.807, 2.05) is 48.5 Å². The van der Waals surface area contributed by atoms with E-state index in [-0.39, 0.29) is 35.0 Å². The Morgan fingerprint density at radius 2 is 1.18 bits per heavy atom. The summed E-state index contributed by atoms with van der Waals surface area (Å²) in [4.78, 5) is 20.6. The molecule has 1 saturated carbocycles. The fourth-order valence-electron chi connectivity index (χ4n) is 6.85. The fourth-order valence-corrected chi connectivity index (χ4v) is 6.85. The first-order valence-corrected chi connectivity index (χ1v) is 14.0. The van der Waals surface area contributed by atoms with Crippen molar-refractivity contribution in [1.82, 2.24) is 0 Å². The second kappa shape index (κ2) is 10.2. The van der Waals surface area contributed by atoms with Gasteiger partial charge >= 0.3 is 11.4 Å². The van der Waals surface area contributed by atoms with Crippen LogP contribution in [0, 0.1) is 20.2 Å². The van der Waals surface area contributed by atoms with Gasteiger partial charge in [-0.2, -0.15) is 0 Å². The third-order valence-corrected chi connectivity index (χ3v) is 8.66. The second-order valence-corrected chi connectivity index (χ2v) is 11.4. The van der Waals surface area contributed by atoms with Crippen molar-refractivity contribution in [2.24, 2.45) is 0 Å². The Morgan fingerprint density at radius 1 is 0.682 bits per heavy atom. The number of nitro benzene ring substituents is 2. The normalized spacial score (nSPS) is 25.0. The quantitative estimate of drug-likeness (QED) is 0.160. The number of nitrogens with zero attached hydrogens (tertiary/aromatic N) is 2. The fraction of sp³-hybridized carbons (Fsp3) is 0.250. The van der Waals surface area contributed by atoms with Crippen LogP contribution in [0.1, 0.15) is 36.8 Å². The predicted molar refractivity (Wildman–Crippen MR) is 154 cm³/mol. The molecular weight excluding hydrogens is 572 g/mol. The van der Waals surface area contributed by atoms with Gasteiger partial charge in [-0.25, -0.2) is 0 Å². The average molecular weight is 599 g/mol. The van der Waals surface area contributed by atoms with Crippen LogP contribution in [0.25, 0.3) is 0 Å². The van der Waals surface area contributed by atoms with Gasteiger partial charge in [0, 0.05) is 42.5 Å². The van der Waals surface area contributed by atoms with Gasteiger partial charge in [-0.1, -0.05) is 24.3 Å². The van der Waals surface area contributed by atoms with Crippen LogP contribution in [0.4, 0.5) is 11.4 Å².